The van der Waals surface area contributed by atoms with E-state index in [1.807, 2.05) is 11.8 Å². The molecule has 0 aromatic rings. The highest BCUT2D eigenvalue weighted by molar-refractivity contribution is 14.1. The minimum atomic E-state index is 0.261. The lowest BCUT2D eigenvalue weighted by atomic mass is 10.3. The summed E-state index contributed by atoms with van der Waals surface area (Å²) >= 11 is 4.23. The highest BCUT2D eigenvalue weighted by Crippen LogP contribution is 2.41. The number of aliphatic hydroxyl groups excluding tert-OH is 1. The molecule has 1 aliphatic rings. The first-order valence-corrected chi connectivity index (χ1v) is 5.63. The largest absolute Gasteiger partial charge is 0.396 e. The molecular weight excluding hydrogens is 273 g/mol. The first-order valence-electron chi connectivity index (χ1n) is 3.51. The van der Waals surface area contributed by atoms with Crippen molar-refractivity contribution in [3.63, 3.8) is 0 Å². The number of nitrogens with zero attached hydrogens (tertiary/aromatic N) is 1. The van der Waals surface area contributed by atoms with Crippen molar-refractivity contribution in [1.29, 1.82) is 0 Å². The maximum absolute atomic E-state index is 8.75. The predicted octanol–water partition coefficient (Wildman–Crippen LogP) is 2.00. The Bertz CT molecular complexity index is 183. The van der Waals surface area contributed by atoms with Gasteiger partial charge in [0.05, 0.1) is 0 Å². The van der Waals surface area contributed by atoms with Gasteiger partial charge in [-0.3, -0.25) is 0 Å². The Morgan fingerprint density at radius 2 is 2.36 bits per heavy atom. The number of rotatable bonds is 2. The Hall–Kier alpha value is 0.580. The van der Waals surface area contributed by atoms with E-state index < -0.39 is 0 Å². The van der Waals surface area contributed by atoms with Crippen molar-refractivity contribution in [2.45, 2.75) is 16.7 Å². The fourth-order valence-electron chi connectivity index (χ4n) is 0.972. The summed E-state index contributed by atoms with van der Waals surface area (Å²) in [5, 5.41) is 8.75. The molecule has 0 saturated heterocycles. The number of hydrogen-bond acceptors (Lipinski definition) is 3. The summed E-state index contributed by atoms with van der Waals surface area (Å²) in [5.74, 6) is 0. The summed E-state index contributed by atoms with van der Waals surface area (Å²) < 4.78 is 0.508. The second-order valence-electron chi connectivity index (χ2n) is 2.50. The standard InChI is InChI=1S/C7H12INOS/c1-5-6(3-4-10)11-7(8)9(5)2/h7,10H,3-4H2,1-2H3. The molecule has 0 bridgehead atoms. The Morgan fingerprint density at radius 1 is 1.73 bits per heavy atom. The van der Waals surface area contributed by atoms with E-state index in [-0.39, 0.29) is 6.61 Å². The van der Waals surface area contributed by atoms with E-state index in [2.05, 4.69) is 41.5 Å². The molecule has 0 saturated carbocycles. The highest BCUT2D eigenvalue weighted by atomic mass is 127. The van der Waals surface area contributed by atoms with Crippen LogP contribution in [0.25, 0.3) is 0 Å². The van der Waals surface area contributed by atoms with Crippen LogP contribution >= 0.6 is 34.4 Å². The molecule has 0 aromatic heterocycles. The van der Waals surface area contributed by atoms with E-state index in [0.29, 0.717) is 3.38 Å². The van der Waals surface area contributed by atoms with Crippen LogP contribution in [0, 0.1) is 0 Å². The van der Waals surface area contributed by atoms with Gasteiger partial charge in [0.15, 0.2) is 0 Å². The number of halogens is 1. The topological polar surface area (TPSA) is 23.5 Å². The molecule has 1 aliphatic heterocycles. The molecule has 1 atom stereocenters. The van der Waals surface area contributed by atoms with E-state index in [1.165, 1.54) is 10.6 Å². The molecule has 1 rings (SSSR count). The fourth-order valence-corrected chi connectivity index (χ4v) is 3.39. The van der Waals surface area contributed by atoms with Crippen LogP contribution in [0.5, 0.6) is 0 Å². The molecule has 2 nitrogen and oxygen atoms in total. The molecule has 4 heteroatoms. The maximum Gasteiger partial charge on any atom is 0.131 e. The Morgan fingerprint density at radius 3 is 2.73 bits per heavy atom. The number of hydrogen-bond donors (Lipinski definition) is 1. The van der Waals surface area contributed by atoms with Crippen molar-refractivity contribution < 1.29 is 5.11 Å². The summed E-state index contributed by atoms with van der Waals surface area (Å²) in [4.78, 5) is 3.56. The van der Waals surface area contributed by atoms with E-state index >= 15 is 0 Å². The maximum atomic E-state index is 8.75. The van der Waals surface area contributed by atoms with Gasteiger partial charge in [-0.05, 0) is 29.5 Å². The van der Waals surface area contributed by atoms with Crippen LogP contribution in [0.3, 0.4) is 0 Å². The average Bonchev–Trinajstić information content (AvgIpc) is 2.19. The summed E-state index contributed by atoms with van der Waals surface area (Å²) in [6, 6.07) is 0. The predicted molar refractivity (Wildman–Crippen MR) is 57.6 cm³/mol. The van der Waals surface area contributed by atoms with Gasteiger partial charge in [-0.15, -0.1) is 0 Å². The van der Waals surface area contributed by atoms with Crippen LogP contribution in [-0.4, -0.2) is 27.0 Å². The van der Waals surface area contributed by atoms with E-state index in [9.17, 15) is 0 Å². The summed E-state index contributed by atoms with van der Waals surface area (Å²) in [6.07, 6.45) is 0.806. The third-order valence-electron chi connectivity index (χ3n) is 1.82. The zero-order valence-corrected chi connectivity index (χ0v) is 9.65. The van der Waals surface area contributed by atoms with Gasteiger partial charge in [-0.25, -0.2) is 0 Å². The SMILES string of the molecule is CC1=C(CCO)SC(I)N1C. The second-order valence-corrected chi connectivity index (χ2v) is 5.70. The highest BCUT2D eigenvalue weighted by Gasteiger charge is 2.23. The van der Waals surface area contributed by atoms with Crippen molar-refractivity contribution in [3.8, 4) is 0 Å². The third kappa shape index (κ3) is 2.03. The van der Waals surface area contributed by atoms with E-state index in [0.717, 1.165) is 6.42 Å². The van der Waals surface area contributed by atoms with Gasteiger partial charge in [-0.1, -0.05) is 11.8 Å². The first kappa shape index (κ1) is 9.67. The lowest BCUT2D eigenvalue weighted by Crippen LogP contribution is -2.16. The number of alkyl halides is 1. The van der Waals surface area contributed by atoms with Crippen LogP contribution in [-0.2, 0) is 0 Å². The van der Waals surface area contributed by atoms with Crippen molar-refractivity contribution in [2.24, 2.45) is 0 Å². The molecule has 0 radical (unpaired) electrons. The molecule has 0 fully saturated rings. The second kappa shape index (κ2) is 4.00. The summed E-state index contributed by atoms with van der Waals surface area (Å²) in [5.41, 5.74) is 1.31. The van der Waals surface area contributed by atoms with Crippen LogP contribution < -0.4 is 0 Å². The van der Waals surface area contributed by atoms with Gasteiger partial charge in [0.25, 0.3) is 0 Å². The van der Waals surface area contributed by atoms with Crippen molar-refractivity contribution in [1.82, 2.24) is 4.90 Å². The van der Waals surface area contributed by atoms with Gasteiger partial charge >= 0.3 is 0 Å². The molecule has 0 aliphatic carbocycles. The average molecular weight is 285 g/mol. The molecule has 11 heavy (non-hydrogen) atoms. The number of thioether (sulfide) groups is 1. The fraction of sp³-hybridized carbons (Fsp3) is 0.714. The minimum Gasteiger partial charge on any atom is -0.396 e. The molecule has 0 amide bonds. The van der Waals surface area contributed by atoms with Gasteiger partial charge in [0, 0.05) is 30.7 Å². The lowest BCUT2D eigenvalue weighted by molar-refractivity contribution is 0.301. The zero-order valence-electron chi connectivity index (χ0n) is 6.67. The van der Waals surface area contributed by atoms with Crippen LogP contribution in [0.15, 0.2) is 10.6 Å². The Balaban J connectivity index is 2.64. The van der Waals surface area contributed by atoms with Crippen molar-refractivity contribution >= 4 is 34.4 Å². The van der Waals surface area contributed by atoms with Crippen LogP contribution in [0.4, 0.5) is 0 Å². The normalized spacial score (nSPS) is 25.1. The van der Waals surface area contributed by atoms with Gasteiger partial charge in [0.2, 0.25) is 0 Å². The minimum absolute atomic E-state index is 0.261. The molecule has 1 unspecified atom stereocenters. The smallest absolute Gasteiger partial charge is 0.131 e. The van der Waals surface area contributed by atoms with Crippen molar-refractivity contribution in [2.75, 3.05) is 13.7 Å². The number of aliphatic hydroxyl groups is 1. The number of allylic oxidation sites excluding steroid dienone is 1. The van der Waals surface area contributed by atoms with Gasteiger partial charge < -0.3 is 10.0 Å². The van der Waals surface area contributed by atoms with Gasteiger partial charge in [-0.2, -0.15) is 0 Å². The monoisotopic (exact) mass is 285 g/mol. The zero-order chi connectivity index (χ0) is 8.43. The van der Waals surface area contributed by atoms with E-state index in [1.54, 1.807) is 0 Å². The molecular formula is C7H12INOS. The summed E-state index contributed by atoms with van der Waals surface area (Å²) in [6.45, 7) is 2.37. The summed E-state index contributed by atoms with van der Waals surface area (Å²) in [7, 11) is 2.09. The third-order valence-corrected chi connectivity index (χ3v) is 4.71. The lowest BCUT2D eigenvalue weighted by Gasteiger charge is -2.16. The molecule has 1 N–H and O–H groups in total. The van der Waals surface area contributed by atoms with Gasteiger partial charge in [0.1, 0.15) is 3.38 Å². The Labute approximate surface area is 85.2 Å². The van der Waals surface area contributed by atoms with Crippen LogP contribution in [0.2, 0.25) is 0 Å². The first-order chi connectivity index (χ1) is 5.16. The molecule has 0 spiro atoms. The van der Waals surface area contributed by atoms with Crippen molar-refractivity contribution in [3.05, 3.63) is 10.6 Å². The molecule has 1 heterocycles. The molecule has 0 aromatic carbocycles. The quantitative estimate of drug-likeness (QED) is 0.477. The van der Waals surface area contributed by atoms with E-state index in [4.69, 9.17) is 5.11 Å². The Kier molecular flexibility index (Phi) is 3.52. The molecule has 64 valence electrons. The van der Waals surface area contributed by atoms with Crippen LogP contribution in [0.1, 0.15) is 13.3 Å².